The number of nitriles is 1. The molecule has 0 radical (unpaired) electrons. The van der Waals surface area contributed by atoms with E-state index in [-0.39, 0.29) is 12.1 Å². The van der Waals surface area contributed by atoms with Crippen molar-refractivity contribution in [3.05, 3.63) is 35.5 Å². The summed E-state index contributed by atoms with van der Waals surface area (Å²) in [4.78, 5) is 16.6. The zero-order valence-electron chi connectivity index (χ0n) is 12.6. The van der Waals surface area contributed by atoms with Gasteiger partial charge < -0.3 is 14.6 Å². The van der Waals surface area contributed by atoms with E-state index in [4.69, 9.17) is 4.74 Å². The molecule has 1 atom stereocenters. The Bertz CT molecular complexity index is 729. The lowest BCUT2D eigenvalue weighted by Gasteiger charge is -2.17. The smallest absolute Gasteiger partial charge is 0.303 e. The third kappa shape index (κ3) is 2.77. The fraction of sp³-hybridized carbons (Fsp3) is 0.412. The lowest BCUT2D eigenvalue weighted by Crippen LogP contribution is -2.21. The average molecular weight is 297 g/mol. The van der Waals surface area contributed by atoms with Crippen LogP contribution in [0, 0.1) is 11.5 Å². The van der Waals surface area contributed by atoms with Crippen molar-refractivity contribution >= 4 is 16.9 Å². The van der Waals surface area contributed by atoms with Gasteiger partial charge >= 0.3 is 5.97 Å². The number of hydrogen-bond donors (Lipinski definition) is 1. The molecule has 22 heavy (non-hydrogen) atoms. The Morgan fingerprint density at radius 2 is 2.23 bits per heavy atom. The van der Waals surface area contributed by atoms with Gasteiger partial charge in [-0.2, -0.15) is 5.26 Å². The van der Waals surface area contributed by atoms with Crippen molar-refractivity contribution in [3.63, 3.8) is 0 Å². The highest BCUT2D eigenvalue weighted by molar-refractivity contribution is 5.85. The van der Waals surface area contributed by atoms with Crippen LogP contribution >= 0.6 is 0 Å². The number of esters is 1. The second-order valence-corrected chi connectivity index (χ2v) is 5.64. The summed E-state index contributed by atoms with van der Waals surface area (Å²) < 4.78 is 5.54. The molecule has 0 aliphatic carbocycles. The van der Waals surface area contributed by atoms with Crippen molar-refractivity contribution in [2.24, 2.45) is 0 Å². The first kappa shape index (κ1) is 14.5. The summed E-state index contributed by atoms with van der Waals surface area (Å²) in [5.41, 5.74) is 3.19. The van der Waals surface area contributed by atoms with Gasteiger partial charge in [0.25, 0.3) is 0 Å². The summed E-state index contributed by atoms with van der Waals surface area (Å²) in [6.45, 7) is 2.84. The van der Waals surface area contributed by atoms with E-state index in [0.717, 1.165) is 41.4 Å². The molecule has 0 amide bonds. The maximum absolute atomic E-state index is 11.4. The number of rotatable bonds is 1. The third-order valence-electron chi connectivity index (χ3n) is 4.14. The van der Waals surface area contributed by atoms with Crippen LogP contribution in [0.3, 0.4) is 0 Å². The van der Waals surface area contributed by atoms with Gasteiger partial charge in [-0.15, -0.1) is 0 Å². The van der Waals surface area contributed by atoms with Crippen LogP contribution < -0.4 is 0 Å². The highest BCUT2D eigenvalue weighted by Gasteiger charge is 2.24. The van der Waals surface area contributed by atoms with Crippen molar-refractivity contribution < 1.29 is 9.53 Å². The van der Waals surface area contributed by atoms with Crippen molar-refractivity contribution in [3.8, 4) is 6.19 Å². The second-order valence-electron chi connectivity index (χ2n) is 5.64. The first-order valence-electron chi connectivity index (χ1n) is 7.60. The number of carbonyl (C=O) groups excluding carboxylic acids is 1. The van der Waals surface area contributed by atoms with Gasteiger partial charge in [0, 0.05) is 30.9 Å². The van der Waals surface area contributed by atoms with E-state index < -0.39 is 0 Å². The SMILES string of the molecule is CC(=O)OC1CCCN(C#N)CCc2c1[nH]c1ccccc21. The normalized spacial score (nSPS) is 18.7. The minimum absolute atomic E-state index is 0.265. The zero-order chi connectivity index (χ0) is 15.5. The standard InChI is InChI=1S/C17H19N3O2/c1-12(21)22-16-7-4-9-20(11-18)10-8-14-13-5-2-3-6-15(13)19-17(14)16/h2-3,5-6,16,19H,4,7-10H2,1H3. The predicted octanol–water partition coefficient (Wildman–Crippen LogP) is 2.89. The number of para-hydroxylation sites is 1. The molecule has 0 saturated heterocycles. The number of aromatic amines is 1. The molecule has 2 heterocycles. The lowest BCUT2D eigenvalue weighted by atomic mass is 10.0. The van der Waals surface area contributed by atoms with Crippen LogP contribution in [-0.2, 0) is 16.0 Å². The fourth-order valence-corrected chi connectivity index (χ4v) is 3.15. The van der Waals surface area contributed by atoms with Gasteiger partial charge in [-0.3, -0.25) is 4.79 Å². The molecule has 5 heteroatoms. The molecule has 1 aromatic carbocycles. The number of nitrogens with one attached hydrogen (secondary N) is 1. The molecule has 3 rings (SSSR count). The lowest BCUT2D eigenvalue weighted by molar-refractivity contribution is -0.147. The quantitative estimate of drug-likeness (QED) is 0.649. The van der Waals surface area contributed by atoms with Crippen molar-refractivity contribution in [1.82, 2.24) is 9.88 Å². The molecule has 1 aromatic heterocycles. The van der Waals surface area contributed by atoms with Crippen LogP contribution in [0.2, 0.25) is 0 Å². The van der Waals surface area contributed by atoms with Crippen LogP contribution in [0.25, 0.3) is 10.9 Å². The fourth-order valence-electron chi connectivity index (χ4n) is 3.15. The Morgan fingerprint density at radius 1 is 1.41 bits per heavy atom. The highest BCUT2D eigenvalue weighted by atomic mass is 16.5. The number of H-pyrrole nitrogens is 1. The number of carbonyl (C=O) groups is 1. The van der Waals surface area contributed by atoms with Gasteiger partial charge in [-0.25, -0.2) is 0 Å². The Labute approximate surface area is 129 Å². The number of fused-ring (bicyclic) bond motifs is 3. The first-order valence-corrected chi connectivity index (χ1v) is 7.60. The summed E-state index contributed by atoms with van der Waals surface area (Å²) in [5, 5.41) is 10.4. The number of benzene rings is 1. The molecule has 5 nitrogen and oxygen atoms in total. The van der Waals surface area contributed by atoms with E-state index in [1.54, 1.807) is 4.90 Å². The largest absolute Gasteiger partial charge is 0.456 e. The Kier molecular flexibility index (Phi) is 4.01. The van der Waals surface area contributed by atoms with E-state index >= 15 is 0 Å². The molecule has 0 spiro atoms. The van der Waals surface area contributed by atoms with Crippen molar-refractivity contribution in [2.75, 3.05) is 13.1 Å². The molecule has 1 aliphatic rings. The molecule has 0 bridgehead atoms. The first-order chi connectivity index (χ1) is 10.7. The van der Waals surface area contributed by atoms with Gasteiger partial charge in [0.15, 0.2) is 6.19 Å². The Morgan fingerprint density at radius 3 is 3.00 bits per heavy atom. The number of hydrogen-bond acceptors (Lipinski definition) is 4. The summed E-state index contributed by atoms with van der Waals surface area (Å²) in [7, 11) is 0. The molecule has 2 aromatic rings. The molecule has 1 aliphatic heterocycles. The van der Waals surface area contributed by atoms with Crippen LogP contribution in [0.15, 0.2) is 24.3 Å². The van der Waals surface area contributed by atoms with Gasteiger partial charge in [-0.05, 0) is 30.9 Å². The number of ether oxygens (including phenoxy) is 1. The van der Waals surface area contributed by atoms with E-state index in [0.29, 0.717) is 13.1 Å². The van der Waals surface area contributed by atoms with E-state index in [9.17, 15) is 10.1 Å². The van der Waals surface area contributed by atoms with Crippen molar-refractivity contribution in [2.45, 2.75) is 32.3 Å². The summed E-state index contributed by atoms with van der Waals surface area (Å²) in [5.74, 6) is -0.272. The zero-order valence-corrected chi connectivity index (χ0v) is 12.6. The predicted molar refractivity (Wildman–Crippen MR) is 82.9 cm³/mol. The molecule has 0 fully saturated rings. The van der Waals surface area contributed by atoms with Crippen LogP contribution in [0.1, 0.15) is 37.1 Å². The van der Waals surface area contributed by atoms with E-state index in [1.807, 2.05) is 18.2 Å². The van der Waals surface area contributed by atoms with Gasteiger partial charge in [-0.1, -0.05) is 18.2 Å². The minimum atomic E-state index is -0.272. The summed E-state index contributed by atoms with van der Waals surface area (Å²) in [6.07, 6.45) is 4.28. The highest BCUT2D eigenvalue weighted by Crippen LogP contribution is 2.32. The monoisotopic (exact) mass is 297 g/mol. The molecular formula is C17H19N3O2. The second kappa shape index (κ2) is 6.10. The minimum Gasteiger partial charge on any atom is -0.456 e. The number of nitrogens with zero attached hydrogens (tertiary/aromatic N) is 2. The Hall–Kier alpha value is -2.48. The Balaban J connectivity index is 2.06. The van der Waals surface area contributed by atoms with Gasteiger partial charge in [0.2, 0.25) is 0 Å². The molecule has 1 N–H and O–H groups in total. The van der Waals surface area contributed by atoms with E-state index in [2.05, 4.69) is 17.2 Å². The van der Waals surface area contributed by atoms with Crippen LogP contribution in [0.4, 0.5) is 0 Å². The molecule has 1 unspecified atom stereocenters. The van der Waals surface area contributed by atoms with E-state index in [1.165, 1.54) is 6.92 Å². The van der Waals surface area contributed by atoms with Gasteiger partial charge in [0.1, 0.15) is 6.10 Å². The summed E-state index contributed by atoms with van der Waals surface area (Å²) >= 11 is 0. The molecule has 0 saturated carbocycles. The number of aromatic nitrogens is 1. The van der Waals surface area contributed by atoms with Crippen molar-refractivity contribution in [1.29, 1.82) is 5.26 Å². The molecule has 114 valence electrons. The van der Waals surface area contributed by atoms with Crippen LogP contribution in [-0.4, -0.2) is 28.9 Å². The maximum atomic E-state index is 11.4. The topological polar surface area (TPSA) is 69.1 Å². The molecular weight excluding hydrogens is 278 g/mol. The third-order valence-corrected chi connectivity index (χ3v) is 4.14. The average Bonchev–Trinajstić information content (AvgIpc) is 2.89. The summed E-state index contributed by atoms with van der Waals surface area (Å²) in [6, 6.07) is 8.09. The van der Waals surface area contributed by atoms with Crippen LogP contribution in [0.5, 0.6) is 0 Å². The maximum Gasteiger partial charge on any atom is 0.303 e. The van der Waals surface area contributed by atoms with Gasteiger partial charge in [0.05, 0.1) is 5.69 Å².